The molecule has 1 aromatic carbocycles. The van der Waals surface area contributed by atoms with Crippen LogP contribution in [0.2, 0.25) is 5.02 Å². The van der Waals surface area contributed by atoms with Crippen molar-refractivity contribution in [3.63, 3.8) is 0 Å². The molecule has 2 atom stereocenters. The zero-order valence-corrected chi connectivity index (χ0v) is 24.2. The summed E-state index contributed by atoms with van der Waals surface area (Å²) < 4.78 is 22.4. The van der Waals surface area contributed by atoms with Crippen LogP contribution in [0, 0.1) is 0 Å². The Morgan fingerprint density at radius 2 is 2.08 bits per heavy atom. The number of ether oxygens (including phenoxy) is 1. The number of anilines is 1. The Labute approximate surface area is 226 Å². The van der Waals surface area contributed by atoms with Crippen LogP contribution in [0.4, 0.5) is 5.69 Å². The molecule has 36 heavy (non-hydrogen) atoms. The predicted molar refractivity (Wildman–Crippen MR) is 153 cm³/mol. The molecule has 5 heterocycles. The van der Waals surface area contributed by atoms with Crippen molar-refractivity contribution in [2.24, 2.45) is 0 Å². The molecular weight excluding hydrogens is 531 g/mol. The second kappa shape index (κ2) is 9.30. The van der Waals surface area contributed by atoms with Crippen molar-refractivity contribution in [1.29, 1.82) is 0 Å². The van der Waals surface area contributed by atoms with Crippen molar-refractivity contribution in [3.8, 4) is 11.1 Å². The molecular formula is C27H32ClN2O3PS2. The van der Waals surface area contributed by atoms with Gasteiger partial charge in [0.05, 0.1) is 30.1 Å². The first-order valence-corrected chi connectivity index (χ1v) is 15.8. The van der Waals surface area contributed by atoms with Gasteiger partial charge in [0, 0.05) is 55.7 Å². The highest BCUT2D eigenvalue weighted by Crippen LogP contribution is 2.49. The van der Waals surface area contributed by atoms with E-state index in [1.165, 1.54) is 32.2 Å². The second-order valence-electron chi connectivity index (χ2n) is 11.2. The van der Waals surface area contributed by atoms with Crippen molar-refractivity contribution < 1.29 is 14.1 Å². The summed E-state index contributed by atoms with van der Waals surface area (Å²) in [5.41, 5.74) is 4.79. The van der Waals surface area contributed by atoms with Gasteiger partial charge < -0.3 is 14.7 Å². The molecule has 2 saturated heterocycles. The van der Waals surface area contributed by atoms with Gasteiger partial charge >= 0.3 is 0 Å². The van der Waals surface area contributed by atoms with E-state index in [2.05, 4.69) is 60.0 Å². The molecule has 2 aromatic heterocycles. The van der Waals surface area contributed by atoms with Crippen LogP contribution in [0.25, 0.3) is 20.9 Å². The summed E-state index contributed by atoms with van der Waals surface area (Å²) in [5.74, 6) is 2.19. The molecule has 0 radical (unpaired) electrons. The van der Waals surface area contributed by atoms with Gasteiger partial charge in [-0.3, -0.25) is 0 Å². The summed E-state index contributed by atoms with van der Waals surface area (Å²) in [6.07, 6.45) is 3.04. The maximum absolute atomic E-state index is 13.6. The zero-order chi connectivity index (χ0) is 25.2. The summed E-state index contributed by atoms with van der Waals surface area (Å²) in [6, 6.07) is 8.86. The van der Waals surface area contributed by atoms with Crippen LogP contribution in [-0.2, 0) is 28.8 Å². The number of nitrogens with zero attached hydrogens (tertiary/aromatic N) is 2. The summed E-state index contributed by atoms with van der Waals surface area (Å²) in [6.45, 7) is 9.31. The van der Waals surface area contributed by atoms with E-state index >= 15 is 0 Å². The smallest absolute Gasteiger partial charge is 0.100 e. The zero-order valence-electron chi connectivity index (χ0n) is 20.9. The minimum Gasteiger partial charge on any atom is -0.391 e. The molecule has 3 aliphatic rings. The molecule has 192 valence electrons. The molecule has 5 nitrogen and oxygen atoms in total. The Kier molecular flexibility index (Phi) is 6.52. The van der Waals surface area contributed by atoms with E-state index in [0.29, 0.717) is 13.2 Å². The van der Waals surface area contributed by atoms with Gasteiger partial charge in [0.25, 0.3) is 0 Å². The summed E-state index contributed by atoms with van der Waals surface area (Å²) >= 11 is 8.38. The molecule has 0 saturated carbocycles. The summed E-state index contributed by atoms with van der Waals surface area (Å²) in [5, 5.41) is 11.8. The monoisotopic (exact) mass is 562 g/mol. The number of hydrogen-bond acceptors (Lipinski definition) is 5. The third kappa shape index (κ3) is 4.16. The number of fused-ring (bicyclic) bond motifs is 2. The molecule has 0 bridgehead atoms. The third-order valence-corrected chi connectivity index (χ3v) is 12.1. The Morgan fingerprint density at radius 1 is 1.28 bits per heavy atom. The van der Waals surface area contributed by atoms with Gasteiger partial charge in [0.15, 0.2) is 0 Å². The quantitative estimate of drug-likeness (QED) is 0.402. The molecule has 9 heteroatoms. The van der Waals surface area contributed by atoms with Crippen molar-refractivity contribution >= 4 is 57.6 Å². The molecule has 3 aliphatic heterocycles. The SMILES string of the molecule is CC(C)(C)S(=O)N1CC(N2CCCc3cc(Cl)cc(-c4ccpc5cc(CO)sc45)c32)CC12COC2. The van der Waals surface area contributed by atoms with E-state index in [1.807, 2.05) is 0 Å². The minimum atomic E-state index is -1.09. The fourth-order valence-corrected chi connectivity index (χ4v) is 9.89. The second-order valence-corrected chi connectivity index (χ2v) is 16.0. The van der Waals surface area contributed by atoms with Crippen molar-refractivity contribution in [2.45, 2.75) is 63.0 Å². The third-order valence-electron chi connectivity index (χ3n) is 7.62. The highest BCUT2D eigenvalue weighted by atomic mass is 35.5. The van der Waals surface area contributed by atoms with Crippen LogP contribution in [0.5, 0.6) is 0 Å². The van der Waals surface area contributed by atoms with Gasteiger partial charge in [-0.2, -0.15) is 0 Å². The van der Waals surface area contributed by atoms with E-state index < -0.39 is 11.0 Å². The average molecular weight is 563 g/mol. The molecule has 1 spiro atoms. The highest BCUT2D eigenvalue weighted by molar-refractivity contribution is 7.84. The average Bonchev–Trinajstić information content (AvgIpc) is 3.43. The number of rotatable bonds is 4. The van der Waals surface area contributed by atoms with E-state index in [0.717, 1.165) is 50.4 Å². The Morgan fingerprint density at radius 3 is 2.78 bits per heavy atom. The van der Waals surface area contributed by atoms with E-state index in [-0.39, 0.29) is 22.9 Å². The number of halogens is 1. The largest absolute Gasteiger partial charge is 0.391 e. The van der Waals surface area contributed by atoms with Crippen molar-refractivity contribution in [3.05, 3.63) is 45.5 Å². The Hall–Kier alpha value is -1.05. The van der Waals surface area contributed by atoms with Gasteiger partial charge in [-0.05, 0) is 75.7 Å². The van der Waals surface area contributed by atoms with Crippen molar-refractivity contribution in [2.75, 3.05) is 31.2 Å². The first kappa shape index (κ1) is 25.2. The van der Waals surface area contributed by atoms with Crippen LogP contribution in [0.1, 0.15) is 44.1 Å². The lowest BCUT2D eigenvalue weighted by atomic mass is 9.90. The number of aryl methyl sites for hydroxylation is 1. The molecule has 0 amide bonds. The number of benzene rings is 1. The fourth-order valence-electron chi connectivity index (χ4n) is 5.96. The number of aliphatic hydroxyl groups is 1. The molecule has 6 rings (SSSR count). The van der Waals surface area contributed by atoms with Crippen LogP contribution in [0.3, 0.4) is 0 Å². The minimum absolute atomic E-state index is 0.0627. The van der Waals surface area contributed by atoms with Crippen LogP contribution < -0.4 is 4.90 Å². The topological polar surface area (TPSA) is 53.0 Å². The van der Waals surface area contributed by atoms with E-state index in [1.54, 1.807) is 11.3 Å². The van der Waals surface area contributed by atoms with Crippen molar-refractivity contribution in [1.82, 2.24) is 4.31 Å². The molecule has 2 fully saturated rings. The first-order chi connectivity index (χ1) is 17.2. The number of thiophene rings is 1. The predicted octanol–water partition coefficient (Wildman–Crippen LogP) is 6.35. The summed E-state index contributed by atoms with van der Waals surface area (Å²) in [4.78, 5) is 3.57. The number of aliphatic hydroxyl groups excluding tert-OH is 1. The van der Waals surface area contributed by atoms with Gasteiger partial charge in [0.1, 0.15) is 11.0 Å². The normalized spacial score (nSPS) is 22.9. The molecule has 0 aliphatic carbocycles. The highest BCUT2D eigenvalue weighted by Gasteiger charge is 2.56. The molecule has 1 N–H and O–H groups in total. The Bertz CT molecular complexity index is 1350. The van der Waals surface area contributed by atoms with Gasteiger partial charge in [-0.1, -0.05) is 19.8 Å². The number of hydrogen-bond donors (Lipinski definition) is 1. The van der Waals surface area contributed by atoms with Gasteiger partial charge in [0.2, 0.25) is 0 Å². The summed E-state index contributed by atoms with van der Waals surface area (Å²) in [7, 11) is 0.0721. The fraction of sp³-hybridized carbons (Fsp3) is 0.519. The van der Waals surface area contributed by atoms with E-state index in [9.17, 15) is 9.32 Å². The van der Waals surface area contributed by atoms with Crippen LogP contribution in [0.15, 0.2) is 30.1 Å². The Balaban J connectivity index is 1.45. The first-order valence-electron chi connectivity index (χ1n) is 12.6. The van der Waals surface area contributed by atoms with Gasteiger partial charge in [-0.25, -0.2) is 8.51 Å². The lowest BCUT2D eigenvalue weighted by Gasteiger charge is -2.45. The lowest BCUT2D eigenvalue weighted by molar-refractivity contribution is -0.0954. The lowest BCUT2D eigenvalue weighted by Crippen LogP contribution is -2.60. The maximum Gasteiger partial charge on any atom is 0.100 e. The molecule has 3 aromatic rings. The standard InChI is InChI=1S/C27H32ClN2O3PS2/c1-26(2,3)36(32)30-13-19(12-27(30)15-33-16-27)29-7-4-5-17-9-18(28)10-22(24(17)29)21-6-8-34-23-11-20(14-31)35-25(21)23/h6,8-11,19,31H,4-5,7,12-16H2,1-3H3. The maximum atomic E-state index is 13.6. The van der Waals surface area contributed by atoms with Crippen LogP contribution in [-0.4, -0.2) is 56.3 Å². The van der Waals surface area contributed by atoms with Crippen LogP contribution >= 0.6 is 31.1 Å². The molecule has 2 unspecified atom stereocenters. The van der Waals surface area contributed by atoms with Gasteiger partial charge in [-0.15, -0.1) is 11.3 Å². The van der Waals surface area contributed by atoms with E-state index in [4.69, 9.17) is 16.3 Å².